The summed E-state index contributed by atoms with van der Waals surface area (Å²) in [5.41, 5.74) is 23.8. The van der Waals surface area contributed by atoms with E-state index in [1.54, 1.807) is 0 Å². The molecule has 0 N–H and O–H groups in total. The SMILES string of the molecule is C/C=C\C=C(/CC)c1cc(C2=CCC=CC=C2)cc2c3cc(-c4cccc5c6cc(-c7ccccc7)cc(-c7ccccc7)c6n(-c6ccc(-c7ccccc7)cc6)c45)ccc3n(-c3cccc(-c4ccccc4)c3)c12. The Morgan fingerprint density at radius 2 is 1.01 bits per heavy atom. The fourth-order valence-corrected chi connectivity index (χ4v) is 11.6. The summed E-state index contributed by atoms with van der Waals surface area (Å²) in [7, 11) is 0. The molecule has 2 nitrogen and oxygen atoms in total. The molecule has 0 aliphatic heterocycles. The molecule has 2 heterocycles. The van der Waals surface area contributed by atoms with Gasteiger partial charge in [-0.15, -0.1) is 0 Å². The number of fused-ring (bicyclic) bond motifs is 6. The van der Waals surface area contributed by atoms with E-state index in [0.29, 0.717) is 0 Å². The molecule has 1 aliphatic rings. The molecular weight excluding hydrogens is 917 g/mol. The molecule has 0 amide bonds. The Balaban J connectivity index is 1.13. The quantitative estimate of drug-likeness (QED) is 0.114. The zero-order chi connectivity index (χ0) is 51.0. The summed E-state index contributed by atoms with van der Waals surface area (Å²) in [6, 6.07) is 85.3. The number of allylic oxidation sites excluding steroid dienone is 10. The zero-order valence-electron chi connectivity index (χ0n) is 42.9. The molecule has 2 aromatic heterocycles. The summed E-state index contributed by atoms with van der Waals surface area (Å²) in [5.74, 6) is 0. The minimum absolute atomic E-state index is 0.881. The number of para-hydroxylation sites is 1. The summed E-state index contributed by atoms with van der Waals surface area (Å²) in [4.78, 5) is 0. The van der Waals surface area contributed by atoms with Gasteiger partial charge in [-0.2, -0.15) is 0 Å². The summed E-state index contributed by atoms with van der Waals surface area (Å²) in [6.07, 6.45) is 19.6. The fourth-order valence-electron chi connectivity index (χ4n) is 11.6. The fraction of sp³-hybridized carbons (Fsp3) is 0.0541. The second-order valence-electron chi connectivity index (χ2n) is 19.8. The van der Waals surface area contributed by atoms with Crippen molar-refractivity contribution in [1.82, 2.24) is 9.13 Å². The van der Waals surface area contributed by atoms with Gasteiger partial charge in [0.15, 0.2) is 0 Å². The van der Waals surface area contributed by atoms with Crippen molar-refractivity contribution in [2.45, 2.75) is 26.7 Å². The lowest BCUT2D eigenvalue weighted by Gasteiger charge is -2.16. The standard InChI is InChI=1S/C74H56N2/c1-3-5-24-51(4-2)66-47-60(54-29-12-6-7-13-30-54)50-70-68-46-59(41-44-71(68)75(73(66)70)63-36-22-35-58(45-63)53-27-16-9-17-28-53)64-37-23-38-65-69-49-61(55-31-18-10-19-32-55)48-67(57-33-20-11-21-34-57)74(69)76(72(64)65)62-42-39-56(40-43-62)52-25-14-8-15-26-52/h3,5-12,14-50H,4,13H2,1-2H3/b5-3-,51-24+. The van der Waals surface area contributed by atoms with Gasteiger partial charge in [-0.25, -0.2) is 0 Å². The normalized spacial score (nSPS) is 12.9. The lowest BCUT2D eigenvalue weighted by molar-refractivity contribution is 1.16. The summed E-state index contributed by atoms with van der Waals surface area (Å²) < 4.78 is 5.07. The average molecular weight is 973 g/mol. The van der Waals surface area contributed by atoms with Crippen LogP contribution in [0.15, 0.2) is 279 Å². The van der Waals surface area contributed by atoms with Crippen LogP contribution in [-0.4, -0.2) is 9.13 Å². The molecule has 13 rings (SSSR count). The van der Waals surface area contributed by atoms with E-state index in [2.05, 4.69) is 302 Å². The van der Waals surface area contributed by atoms with Gasteiger partial charge >= 0.3 is 0 Å². The molecule has 2 heteroatoms. The Kier molecular flexibility index (Phi) is 12.2. The molecule has 76 heavy (non-hydrogen) atoms. The largest absolute Gasteiger partial charge is 0.309 e. The Morgan fingerprint density at radius 3 is 1.72 bits per heavy atom. The number of rotatable bonds is 11. The summed E-state index contributed by atoms with van der Waals surface area (Å²) in [6.45, 7) is 4.38. The van der Waals surface area contributed by atoms with Crippen LogP contribution in [-0.2, 0) is 0 Å². The van der Waals surface area contributed by atoms with Gasteiger partial charge in [0.05, 0.1) is 22.1 Å². The van der Waals surface area contributed by atoms with Gasteiger partial charge in [0, 0.05) is 49.6 Å². The van der Waals surface area contributed by atoms with E-state index >= 15 is 0 Å². The van der Waals surface area contributed by atoms with E-state index < -0.39 is 0 Å². The maximum absolute atomic E-state index is 2.54. The van der Waals surface area contributed by atoms with Gasteiger partial charge in [0.2, 0.25) is 0 Å². The predicted molar refractivity (Wildman–Crippen MR) is 326 cm³/mol. The van der Waals surface area contributed by atoms with Crippen LogP contribution in [0, 0.1) is 0 Å². The van der Waals surface area contributed by atoms with Crippen molar-refractivity contribution < 1.29 is 0 Å². The summed E-state index contributed by atoms with van der Waals surface area (Å²) in [5, 5.41) is 4.86. The van der Waals surface area contributed by atoms with Gasteiger partial charge in [0.1, 0.15) is 0 Å². The molecule has 0 radical (unpaired) electrons. The highest BCUT2D eigenvalue weighted by atomic mass is 15.0. The lowest BCUT2D eigenvalue weighted by Crippen LogP contribution is -1.99. The molecule has 0 spiro atoms. The van der Waals surface area contributed by atoms with Crippen LogP contribution in [0.5, 0.6) is 0 Å². The van der Waals surface area contributed by atoms with Crippen LogP contribution in [0.1, 0.15) is 37.8 Å². The third-order valence-corrected chi connectivity index (χ3v) is 15.2. The highest BCUT2D eigenvalue weighted by molar-refractivity contribution is 6.20. The van der Waals surface area contributed by atoms with E-state index in [1.165, 1.54) is 116 Å². The van der Waals surface area contributed by atoms with Crippen molar-refractivity contribution in [3.63, 3.8) is 0 Å². The number of aromatic nitrogens is 2. The Bertz CT molecular complexity index is 4290. The third-order valence-electron chi connectivity index (χ3n) is 15.2. The molecule has 362 valence electrons. The van der Waals surface area contributed by atoms with E-state index in [9.17, 15) is 0 Å². The van der Waals surface area contributed by atoms with Crippen LogP contribution >= 0.6 is 0 Å². The van der Waals surface area contributed by atoms with Crippen LogP contribution in [0.25, 0.3) is 122 Å². The first kappa shape index (κ1) is 46.3. The highest BCUT2D eigenvalue weighted by Gasteiger charge is 2.24. The van der Waals surface area contributed by atoms with Gasteiger partial charge in [-0.1, -0.05) is 225 Å². The van der Waals surface area contributed by atoms with Crippen molar-refractivity contribution in [2.75, 3.05) is 0 Å². The molecule has 12 aromatic rings. The van der Waals surface area contributed by atoms with Gasteiger partial charge in [-0.05, 0) is 142 Å². The van der Waals surface area contributed by atoms with Crippen molar-refractivity contribution in [1.29, 1.82) is 0 Å². The molecular formula is C74H56N2. The van der Waals surface area contributed by atoms with Crippen LogP contribution < -0.4 is 0 Å². The molecule has 0 fully saturated rings. The number of nitrogens with zero attached hydrogens (tertiary/aromatic N) is 2. The number of hydrogen-bond donors (Lipinski definition) is 0. The van der Waals surface area contributed by atoms with E-state index in [1.807, 2.05) is 0 Å². The Labute approximate surface area is 445 Å². The number of hydrogen-bond acceptors (Lipinski definition) is 0. The maximum atomic E-state index is 2.54. The Morgan fingerprint density at radius 1 is 0.421 bits per heavy atom. The number of benzene rings is 10. The molecule has 0 bridgehead atoms. The third kappa shape index (κ3) is 8.35. The molecule has 0 saturated heterocycles. The topological polar surface area (TPSA) is 9.86 Å². The Hall–Kier alpha value is -9.50. The molecule has 0 atom stereocenters. The second kappa shape index (κ2) is 20.1. The van der Waals surface area contributed by atoms with Crippen LogP contribution in [0.3, 0.4) is 0 Å². The highest BCUT2D eigenvalue weighted by Crippen LogP contribution is 2.47. The van der Waals surface area contributed by atoms with Crippen molar-refractivity contribution >= 4 is 54.8 Å². The van der Waals surface area contributed by atoms with Crippen LogP contribution in [0.2, 0.25) is 0 Å². The minimum Gasteiger partial charge on any atom is -0.309 e. The average Bonchev–Trinajstić information content (AvgIpc) is 3.86. The van der Waals surface area contributed by atoms with Crippen molar-refractivity contribution in [3.8, 4) is 67.0 Å². The first-order chi connectivity index (χ1) is 37.6. The second-order valence-corrected chi connectivity index (χ2v) is 19.8. The van der Waals surface area contributed by atoms with Crippen molar-refractivity contribution in [3.05, 3.63) is 290 Å². The van der Waals surface area contributed by atoms with Gasteiger partial charge in [0.25, 0.3) is 0 Å². The maximum Gasteiger partial charge on any atom is 0.0620 e. The monoisotopic (exact) mass is 972 g/mol. The minimum atomic E-state index is 0.881. The van der Waals surface area contributed by atoms with Gasteiger partial charge < -0.3 is 9.13 Å². The molecule has 1 aliphatic carbocycles. The van der Waals surface area contributed by atoms with Gasteiger partial charge in [-0.3, -0.25) is 0 Å². The smallest absolute Gasteiger partial charge is 0.0620 e. The molecule has 0 unspecified atom stereocenters. The van der Waals surface area contributed by atoms with E-state index in [4.69, 9.17) is 0 Å². The van der Waals surface area contributed by atoms with Crippen LogP contribution in [0.4, 0.5) is 0 Å². The first-order valence-electron chi connectivity index (χ1n) is 26.7. The van der Waals surface area contributed by atoms with Crippen molar-refractivity contribution in [2.24, 2.45) is 0 Å². The lowest BCUT2D eigenvalue weighted by atomic mass is 9.93. The van der Waals surface area contributed by atoms with E-state index in [-0.39, 0.29) is 0 Å². The molecule has 10 aromatic carbocycles. The van der Waals surface area contributed by atoms with E-state index in [0.717, 1.165) is 29.8 Å². The predicted octanol–water partition coefficient (Wildman–Crippen LogP) is 20.5. The molecule has 0 saturated carbocycles. The zero-order valence-corrected chi connectivity index (χ0v) is 42.9. The first-order valence-corrected chi connectivity index (χ1v) is 26.7. The summed E-state index contributed by atoms with van der Waals surface area (Å²) >= 11 is 0.